The predicted molar refractivity (Wildman–Crippen MR) is 116 cm³/mol. The van der Waals surface area contributed by atoms with Gasteiger partial charge < -0.3 is 5.32 Å². The Balaban J connectivity index is 1.61. The zero-order chi connectivity index (χ0) is 19.7. The number of rotatable bonds is 7. The minimum absolute atomic E-state index is 0.00227. The van der Waals surface area contributed by atoms with Crippen LogP contribution in [0.25, 0.3) is 21.3 Å². The summed E-state index contributed by atoms with van der Waals surface area (Å²) >= 11 is 2.81. The number of hydrogen-bond donors (Lipinski definition) is 1. The Hall–Kier alpha value is -2.12. The Morgan fingerprint density at radius 1 is 1.36 bits per heavy atom. The molecule has 2 aromatic heterocycles. The summed E-state index contributed by atoms with van der Waals surface area (Å²) in [5.74, 6) is 0.892. The molecule has 1 saturated carbocycles. The van der Waals surface area contributed by atoms with Crippen LogP contribution in [0, 0.1) is 5.92 Å². The molecule has 0 aliphatic heterocycles. The second-order valence-corrected chi connectivity index (χ2v) is 8.92. The lowest BCUT2D eigenvalue weighted by atomic mass is 10.1. The van der Waals surface area contributed by atoms with Crippen LogP contribution in [0.5, 0.6) is 0 Å². The molecule has 3 aromatic rings. The van der Waals surface area contributed by atoms with Crippen LogP contribution >= 0.6 is 23.1 Å². The van der Waals surface area contributed by atoms with Gasteiger partial charge in [-0.25, -0.2) is 4.98 Å². The SMILES string of the molecule is CCn1c(SCC(=O)N[C@H](C)C2CC2)nc2scc(-c3ccccc3)c2c1=O. The Kier molecular flexibility index (Phi) is 5.55. The molecular formula is C21H23N3O2S2. The van der Waals surface area contributed by atoms with Gasteiger partial charge >= 0.3 is 0 Å². The van der Waals surface area contributed by atoms with Crippen LogP contribution in [-0.4, -0.2) is 27.3 Å². The summed E-state index contributed by atoms with van der Waals surface area (Å²) in [6.45, 7) is 4.51. The number of nitrogens with one attached hydrogen (secondary N) is 1. The normalized spacial score (nSPS) is 14.9. The van der Waals surface area contributed by atoms with Gasteiger partial charge in [-0.3, -0.25) is 14.2 Å². The van der Waals surface area contributed by atoms with Crippen LogP contribution in [-0.2, 0) is 11.3 Å². The summed E-state index contributed by atoms with van der Waals surface area (Å²) in [5, 5.41) is 6.32. The van der Waals surface area contributed by atoms with Gasteiger partial charge in [0.25, 0.3) is 5.56 Å². The molecule has 1 N–H and O–H groups in total. The van der Waals surface area contributed by atoms with E-state index in [2.05, 4.69) is 12.2 Å². The van der Waals surface area contributed by atoms with E-state index in [0.29, 0.717) is 23.0 Å². The molecule has 0 unspecified atom stereocenters. The molecule has 2 heterocycles. The van der Waals surface area contributed by atoms with Gasteiger partial charge in [-0.05, 0) is 38.2 Å². The van der Waals surface area contributed by atoms with Crippen molar-refractivity contribution in [2.24, 2.45) is 5.92 Å². The average molecular weight is 414 g/mol. The van der Waals surface area contributed by atoms with Crippen molar-refractivity contribution in [3.8, 4) is 11.1 Å². The first kappa shape index (κ1) is 19.2. The van der Waals surface area contributed by atoms with Crippen molar-refractivity contribution in [3.05, 3.63) is 46.1 Å². The van der Waals surface area contributed by atoms with Crippen LogP contribution in [0.15, 0.2) is 45.7 Å². The highest BCUT2D eigenvalue weighted by Crippen LogP contribution is 2.33. The Bertz CT molecular complexity index is 1050. The molecule has 1 aliphatic rings. The fourth-order valence-corrected chi connectivity index (χ4v) is 5.23. The molecule has 1 fully saturated rings. The van der Waals surface area contributed by atoms with Crippen molar-refractivity contribution in [1.29, 1.82) is 0 Å². The van der Waals surface area contributed by atoms with E-state index in [1.54, 1.807) is 4.57 Å². The van der Waals surface area contributed by atoms with Crippen molar-refractivity contribution in [1.82, 2.24) is 14.9 Å². The number of thiophene rings is 1. The first-order valence-electron chi connectivity index (χ1n) is 9.58. The molecule has 28 heavy (non-hydrogen) atoms. The van der Waals surface area contributed by atoms with E-state index >= 15 is 0 Å². The molecule has 5 nitrogen and oxygen atoms in total. The maximum absolute atomic E-state index is 13.2. The molecule has 1 aromatic carbocycles. The van der Waals surface area contributed by atoms with E-state index in [1.807, 2.05) is 42.6 Å². The summed E-state index contributed by atoms with van der Waals surface area (Å²) in [6, 6.07) is 10.1. The van der Waals surface area contributed by atoms with Crippen molar-refractivity contribution < 1.29 is 4.79 Å². The molecule has 146 valence electrons. The summed E-state index contributed by atoms with van der Waals surface area (Å²) in [5.41, 5.74) is 1.90. The van der Waals surface area contributed by atoms with Gasteiger partial charge in [0.05, 0.1) is 11.1 Å². The number of fused-ring (bicyclic) bond motifs is 1. The standard InChI is InChI=1S/C21H23N3O2S2/c1-3-24-20(26)18-16(15-7-5-4-6-8-15)11-27-19(18)23-21(24)28-12-17(25)22-13(2)14-9-10-14/h4-8,11,13-14H,3,9-10,12H2,1-2H3,(H,22,25)/t13-/m1/s1. The zero-order valence-corrected chi connectivity index (χ0v) is 17.6. The van der Waals surface area contributed by atoms with Gasteiger partial charge in [-0.15, -0.1) is 11.3 Å². The number of aromatic nitrogens is 2. The van der Waals surface area contributed by atoms with Crippen LogP contribution in [0.2, 0.25) is 0 Å². The van der Waals surface area contributed by atoms with Gasteiger partial charge in [0.15, 0.2) is 5.16 Å². The number of benzene rings is 1. The lowest BCUT2D eigenvalue weighted by Gasteiger charge is -2.13. The summed E-state index contributed by atoms with van der Waals surface area (Å²) < 4.78 is 1.67. The maximum atomic E-state index is 13.2. The summed E-state index contributed by atoms with van der Waals surface area (Å²) in [7, 11) is 0. The summed E-state index contributed by atoms with van der Waals surface area (Å²) in [4.78, 5) is 30.9. The lowest BCUT2D eigenvalue weighted by molar-refractivity contribution is -0.119. The van der Waals surface area contributed by atoms with Crippen molar-refractivity contribution >= 4 is 39.2 Å². The van der Waals surface area contributed by atoms with Gasteiger partial charge in [-0.2, -0.15) is 0 Å². The molecule has 0 spiro atoms. The first-order chi connectivity index (χ1) is 13.6. The minimum atomic E-state index is -0.0399. The van der Waals surface area contributed by atoms with Gasteiger partial charge in [-0.1, -0.05) is 42.1 Å². The van der Waals surface area contributed by atoms with Gasteiger partial charge in [0.2, 0.25) is 5.91 Å². The fraction of sp³-hybridized carbons (Fsp3) is 0.381. The molecule has 0 saturated heterocycles. The third kappa shape index (κ3) is 3.86. The molecule has 1 amide bonds. The van der Waals surface area contributed by atoms with Crippen LogP contribution in [0.4, 0.5) is 0 Å². The third-order valence-electron chi connectivity index (χ3n) is 5.11. The topological polar surface area (TPSA) is 64.0 Å². The van der Waals surface area contributed by atoms with Crippen molar-refractivity contribution in [2.75, 3.05) is 5.75 Å². The predicted octanol–water partition coefficient (Wildman–Crippen LogP) is 4.15. The van der Waals surface area contributed by atoms with Crippen LogP contribution in [0.1, 0.15) is 26.7 Å². The van der Waals surface area contributed by atoms with E-state index in [4.69, 9.17) is 4.98 Å². The van der Waals surface area contributed by atoms with E-state index in [9.17, 15) is 9.59 Å². The number of carbonyl (C=O) groups is 1. The number of carbonyl (C=O) groups excluding carboxylic acids is 1. The van der Waals surface area contributed by atoms with Crippen molar-refractivity contribution in [3.63, 3.8) is 0 Å². The molecular weight excluding hydrogens is 390 g/mol. The first-order valence-corrected chi connectivity index (χ1v) is 11.4. The smallest absolute Gasteiger partial charge is 0.263 e. The Morgan fingerprint density at radius 3 is 2.79 bits per heavy atom. The van der Waals surface area contributed by atoms with Crippen LogP contribution in [0.3, 0.4) is 0 Å². The van der Waals surface area contributed by atoms with Gasteiger partial charge in [0.1, 0.15) is 4.83 Å². The minimum Gasteiger partial charge on any atom is -0.353 e. The quantitative estimate of drug-likeness (QED) is 0.467. The molecule has 1 aliphatic carbocycles. The monoisotopic (exact) mass is 413 g/mol. The molecule has 4 rings (SSSR count). The highest BCUT2D eigenvalue weighted by atomic mass is 32.2. The highest BCUT2D eigenvalue weighted by Gasteiger charge is 2.29. The van der Waals surface area contributed by atoms with E-state index in [0.717, 1.165) is 16.0 Å². The number of hydrogen-bond acceptors (Lipinski definition) is 5. The van der Waals surface area contributed by atoms with Gasteiger partial charge in [0, 0.05) is 23.5 Å². The Morgan fingerprint density at radius 2 is 2.11 bits per heavy atom. The molecule has 1 atom stereocenters. The van der Waals surface area contributed by atoms with E-state index in [1.165, 1.54) is 35.9 Å². The second-order valence-electron chi connectivity index (χ2n) is 7.12. The number of amides is 1. The largest absolute Gasteiger partial charge is 0.353 e. The van der Waals surface area contributed by atoms with Crippen LogP contribution < -0.4 is 10.9 Å². The molecule has 0 radical (unpaired) electrons. The molecule has 0 bridgehead atoms. The zero-order valence-electron chi connectivity index (χ0n) is 16.0. The van der Waals surface area contributed by atoms with Crippen molar-refractivity contribution in [2.45, 2.75) is 44.4 Å². The average Bonchev–Trinajstić information content (AvgIpc) is 3.47. The third-order valence-corrected chi connectivity index (χ3v) is 6.96. The fourth-order valence-electron chi connectivity index (χ4n) is 3.36. The Labute approximate surface area is 172 Å². The lowest BCUT2D eigenvalue weighted by Crippen LogP contribution is -2.35. The summed E-state index contributed by atoms with van der Waals surface area (Å²) in [6.07, 6.45) is 2.40. The number of nitrogens with zero attached hydrogens (tertiary/aromatic N) is 2. The molecule has 7 heteroatoms. The van der Waals surface area contributed by atoms with E-state index < -0.39 is 0 Å². The second kappa shape index (κ2) is 8.09. The van der Waals surface area contributed by atoms with E-state index in [-0.39, 0.29) is 23.3 Å². The number of thioether (sulfide) groups is 1. The maximum Gasteiger partial charge on any atom is 0.263 e. The highest BCUT2D eigenvalue weighted by molar-refractivity contribution is 7.99.